The lowest BCUT2D eigenvalue weighted by Gasteiger charge is -2.05. The van der Waals surface area contributed by atoms with Crippen LogP contribution >= 0.6 is 12.2 Å². The second-order valence-corrected chi connectivity index (χ2v) is 2.89. The number of para-hydroxylation sites is 1. The molecular weight excluding hydrogens is 196 g/mol. The molecule has 5 heteroatoms. The molecule has 0 aromatic heterocycles. The molecule has 1 aromatic carbocycles. The third-order valence-electron chi connectivity index (χ3n) is 1.39. The number of nitrogens with zero attached hydrogens (tertiary/aromatic N) is 1. The number of nitrogens with one attached hydrogen (secondary N) is 2. The van der Waals surface area contributed by atoms with Crippen LogP contribution in [-0.4, -0.2) is 17.9 Å². The summed E-state index contributed by atoms with van der Waals surface area (Å²) in [6, 6.07) is 9.62. The van der Waals surface area contributed by atoms with Crippen LogP contribution in [0.15, 0.2) is 35.4 Å². The number of hydrogen-bond acceptors (Lipinski definition) is 3. The molecule has 0 atom stereocenters. The highest BCUT2D eigenvalue weighted by Gasteiger charge is 1.92. The van der Waals surface area contributed by atoms with Gasteiger partial charge in [-0.25, -0.2) is 0 Å². The van der Waals surface area contributed by atoms with Crippen LogP contribution in [0.3, 0.4) is 0 Å². The van der Waals surface area contributed by atoms with Gasteiger partial charge >= 0.3 is 0 Å². The standard InChI is InChI=1S/C9H12N4S/c10-6-7-11-13-9(14)12-8-4-2-1-3-5-8/h1-5,7H,6,10H2,(H2,12,13,14)/b11-7+. The lowest BCUT2D eigenvalue weighted by molar-refractivity contribution is 1.04. The van der Waals surface area contributed by atoms with Gasteiger partial charge in [-0.2, -0.15) is 5.10 Å². The highest BCUT2D eigenvalue weighted by atomic mass is 32.1. The van der Waals surface area contributed by atoms with Gasteiger partial charge in [-0.3, -0.25) is 5.43 Å². The van der Waals surface area contributed by atoms with E-state index in [0.29, 0.717) is 11.7 Å². The monoisotopic (exact) mass is 208 g/mol. The van der Waals surface area contributed by atoms with Crippen LogP contribution in [0.4, 0.5) is 5.69 Å². The maximum atomic E-state index is 5.21. The Balaban J connectivity index is 2.38. The van der Waals surface area contributed by atoms with Crippen LogP contribution in [0.1, 0.15) is 0 Å². The minimum absolute atomic E-state index is 0.390. The van der Waals surface area contributed by atoms with Gasteiger partial charge < -0.3 is 11.1 Å². The molecule has 14 heavy (non-hydrogen) atoms. The van der Waals surface area contributed by atoms with Crippen molar-refractivity contribution in [1.29, 1.82) is 0 Å². The van der Waals surface area contributed by atoms with Crippen LogP contribution in [0.5, 0.6) is 0 Å². The number of nitrogens with two attached hydrogens (primary N) is 1. The van der Waals surface area contributed by atoms with E-state index in [-0.39, 0.29) is 0 Å². The molecule has 0 amide bonds. The third-order valence-corrected chi connectivity index (χ3v) is 1.59. The van der Waals surface area contributed by atoms with E-state index in [9.17, 15) is 0 Å². The van der Waals surface area contributed by atoms with E-state index in [1.165, 1.54) is 0 Å². The predicted molar refractivity (Wildman–Crippen MR) is 63.3 cm³/mol. The van der Waals surface area contributed by atoms with Crippen molar-refractivity contribution >= 4 is 29.2 Å². The van der Waals surface area contributed by atoms with Gasteiger partial charge in [0.25, 0.3) is 0 Å². The van der Waals surface area contributed by atoms with Gasteiger partial charge in [-0.05, 0) is 24.4 Å². The lowest BCUT2D eigenvalue weighted by Crippen LogP contribution is -2.24. The van der Waals surface area contributed by atoms with Crippen molar-refractivity contribution in [3.63, 3.8) is 0 Å². The molecule has 0 bridgehead atoms. The number of benzene rings is 1. The zero-order chi connectivity index (χ0) is 10.2. The van der Waals surface area contributed by atoms with Gasteiger partial charge in [-0.15, -0.1) is 0 Å². The number of anilines is 1. The summed E-state index contributed by atoms with van der Waals surface area (Å²) in [6.07, 6.45) is 1.54. The molecule has 0 aliphatic rings. The fourth-order valence-electron chi connectivity index (χ4n) is 0.838. The van der Waals surface area contributed by atoms with Crippen molar-refractivity contribution in [2.45, 2.75) is 0 Å². The van der Waals surface area contributed by atoms with Crippen molar-refractivity contribution in [3.8, 4) is 0 Å². The van der Waals surface area contributed by atoms with E-state index in [2.05, 4.69) is 15.8 Å². The molecule has 0 heterocycles. The first-order valence-electron chi connectivity index (χ1n) is 4.16. The molecule has 0 saturated heterocycles. The summed E-state index contributed by atoms with van der Waals surface area (Å²) in [5.41, 5.74) is 8.78. The van der Waals surface area contributed by atoms with Gasteiger partial charge in [-0.1, -0.05) is 18.2 Å². The van der Waals surface area contributed by atoms with Crippen LogP contribution in [0.25, 0.3) is 0 Å². The first-order chi connectivity index (χ1) is 6.83. The predicted octanol–water partition coefficient (Wildman–Crippen LogP) is 0.918. The van der Waals surface area contributed by atoms with Crippen molar-refractivity contribution in [2.75, 3.05) is 11.9 Å². The third kappa shape index (κ3) is 3.97. The van der Waals surface area contributed by atoms with Crippen LogP contribution in [0, 0.1) is 0 Å². The fourth-order valence-corrected chi connectivity index (χ4v) is 1.01. The summed E-state index contributed by atoms with van der Waals surface area (Å²) in [6.45, 7) is 0.390. The molecular formula is C9H12N4S. The fraction of sp³-hybridized carbons (Fsp3) is 0.111. The average molecular weight is 208 g/mol. The van der Waals surface area contributed by atoms with Crippen molar-refractivity contribution in [1.82, 2.24) is 5.43 Å². The number of hydrazone groups is 1. The summed E-state index contributed by atoms with van der Waals surface area (Å²) < 4.78 is 0. The van der Waals surface area contributed by atoms with Crippen LogP contribution < -0.4 is 16.5 Å². The van der Waals surface area contributed by atoms with Crippen molar-refractivity contribution < 1.29 is 0 Å². The topological polar surface area (TPSA) is 62.4 Å². The summed E-state index contributed by atoms with van der Waals surface area (Å²) in [4.78, 5) is 0. The van der Waals surface area contributed by atoms with Crippen LogP contribution in [0.2, 0.25) is 0 Å². The smallest absolute Gasteiger partial charge is 0.191 e. The normalized spacial score (nSPS) is 10.1. The molecule has 0 aliphatic heterocycles. The Bertz CT molecular complexity index is 310. The maximum absolute atomic E-state index is 5.21. The Kier molecular flexibility index (Phi) is 4.60. The molecule has 4 nitrogen and oxygen atoms in total. The van der Waals surface area contributed by atoms with Gasteiger partial charge in [0, 0.05) is 18.4 Å². The summed E-state index contributed by atoms with van der Waals surface area (Å²) in [5.74, 6) is 0. The Hall–Kier alpha value is -1.46. The molecule has 0 saturated carbocycles. The van der Waals surface area contributed by atoms with Gasteiger partial charge in [0.05, 0.1) is 0 Å². The molecule has 0 radical (unpaired) electrons. The Morgan fingerprint density at radius 3 is 2.79 bits per heavy atom. The minimum atomic E-state index is 0.390. The highest BCUT2D eigenvalue weighted by molar-refractivity contribution is 7.80. The van der Waals surface area contributed by atoms with Crippen LogP contribution in [-0.2, 0) is 0 Å². The zero-order valence-electron chi connectivity index (χ0n) is 7.60. The molecule has 0 aliphatic carbocycles. The Labute approximate surface area is 88.2 Å². The largest absolute Gasteiger partial charge is 0.331 e. The number of rotatable bonds is 3. The average Bonchev–Trinajstić information content (AvgIpc) is 2.20. The molecule has 1 rings (SSSR count). The molecule has 1 aromatic rings. The van der Waals surface area contributed by atoms with E-state index >= 15 is 0 Å². The zero-order valence-corrected chi connectivity index (χ0v) is 8.42. The Morgan fingerprint density at radius 1 is 1.43 bits per heavy atom. The van der Waals surface area contributed by atoms with E-state index in [4.69, 9.17) is 18.0 Å². The molecule has 0 fully saturated rings. The van der Waals surface area contributed by atoms with Crippen molar-refractivity contribution in [2.24, 2.45) is 10.8 Å². The van der Waals surface area contributed by atoms with Gasteiger partial charge in [0.1, 0.15) is 0 Å². The van der Waals surface area contributed by atoms with Gasteiger partial charge in [0.2, 0.25) is 0 Å². The molecule has 0 unspecified atom stereocenters. The lowest BCUT2D eigenvalue weighted by atomic mass is 10.3. The quantitative estimate of drug-likeness (QED) is 0.392. The van der Waals surface area contributed by atoms with Crippen molar-refractivity contribution in [3.05, 3.63) is 30.3 Å². The minimum Gasteiger partial charge on any atom is -0.331 e. The SMILES string of the molecule is NC/C=N/NC(=S)Nc1ccccc1. The Morgan fingerprint density at radius 2 is 2.14 bits per heavy atom. The highest BCUT2D eigenvalue weighted by Crippen LogP contribution is 2.03. The van der Waals surface area contributed by atoms with Gasteiger partial charge in [0.15, 0.2) is 5.11 Å². The summed E-state index contributed by atoms with van der Waals surface area (Å²) in [7, 11) is 0. The summed E-state index contributed by atoms with van der Waals surface area (Å²) in [5, 5.41) is 7.19. The van der Waals surface area contributed by atoms with E-state index < -0.39 is 0 Å². The molecule has 4 N–H and O–H groups in total. The van der Waals surface area contributed by atoms with E-state index in [1.807, 2.05) is 30.3 Å². The summed E-state index contributed by atoms with van der Waals surface area (Å²) >= 11 is 4.97. The first-order valence-corrected chi connectivity index (χ1v) is 4.57. The number of hydrogen-bond donors (Lipinski definition) is 3. The van der Waals surface area contributed by atoms with E-state index in [0.717, 1.165) is 5.69 Å². The second kappa shape index (κ2) is 6.06. The molecule has 74 valence electrons. The number of thiocarbonyl (C=S) groups is 1. The first kappa shape index (κ1) is 10.6. The second-order valence-electron chi connectivity index (χ2n) is 2.48. The van der Waals surface area contributed by atoms with E-state index in [1.54, 1.807) is 6.21 Å². The molecule has 0 spiro atoms. The maximum Gasteiger partial charge on any atom is 0.191 e.